The summed E-state index contributed by atoms with van der Waals surface area (Å²) in [6.07, 6.45) is 0. The molecule has 0 aromatic heterocycles. The van der Waals surface area contributed by atoms with Crippen molar-refractivity contribution in [2.75, 3.05) is 57.7 Å². The fraction of sp³-hybridized carbons (Fsp3) is 0.350. The van der Waals surface area contributed by atoms with Crippen molar-refractivity contribution < 1.29 is 14.2 Å². The quantitative estimate of drug-likeness (QED) is 0.735. The van der Waals surface area contributed by atoms with Crippen molar-refractivity contribution in [2.24, 2.45) is 0 Å². The smallest absolute Gasteiger partial charge is 0.173 e. The molecule has 1 N–H and O–H groups in total. The Kier molecular flexibility index (Phi) is 6.70. The Hall–Kier alpha value is -2.38. The van der Waals surface area contributed by atoms with Gasteiger partial charge in [0.2, 0.25) is 0 Å². The molecule has 6 nitrogen and oxygen atoms in total. The zero-order chi connectivity index (χ0) is 20.1. The summed E-state index contributed by atoms with van der Waals surface area (Å²) >= 11 is 11.8. The van der Waals surface area contributed by atoms with Gasteiger partial charge in [-0.25, -0.2) is 0 Å². The normalized spacial score (nSPS) is 13.9. The molecule has 150 valence electrons. The van der Waals surface area contributed by atoms with Crippen LogP contribution in [0.5, 0.6) is 17.2 Å². The average molecular weight is 422 g/mol. The van der Waals surface area contributed by atoms with Gasteiger partial charge in [0.1, 0.15) is 17.2 Å². The maximum atomic E-state index is 6.17. The summed E-state index contributed by atoms with van der Waals surface area (Å²) in [5.41, 5.74) is 1.91. The number of nitrogens with zero attached hydrogens (tertiary/aromatic N) is 2. The van der Waals surface area contributed by atoms with Gasteiger partial charge in [-0.2, -0.15) is 0 Å². The summed E-state index contributed by atoms with van der Waals surface area (Å²) in [6, 6.07) is 11.6. The summed E-state index contributed by atoms with van der Waals surface area (Å²) < 4.78 is 15.9. The van der Waals surface area contributed by atoms with Gasteiger partial charge in [0, 0.05) is 44.0 Å². The Bertz CT molecular complexity index is 824. The zero-order valence-corrected chi connectivity index (χ0v) is 17.8. The highest BCUT2D eigenvalue weighted by Crippen LogP contribution is 2.36. The lowest BCUT2D eigenvalue weighted by Crippen LogP contribution is -2.50. The first-order valence-corrected chi connectivity index (χ1v) is 9.70. The Morgan fingerprint density at radius 2 is 1.57 bits per heavy atom. The third-order valence-electron chi connectivity index (χ3n) is 4.72. The first-order chi connectivity index (χ1) is 13.5. The fourth-order valence-corrected chi connectivity index (χ4v) is 3.64. The molecule has 0 radical (unpaired) electrons. The molecule has 8 heteroatoms. The highest BCUT2D eigenvalue weighted by atomic mass is 35.5. The number of methoxy groups -OCH3 is 3. The van der Waals surface area contributed by atoms with Crippen LogP contribution in [0, 0.1) is 0 Å². The number of hydrogen-bond donors (Lipinski definition) is 1. The van der Waals surface area contributed by atoms with Crippen LogP contribution in [0.25, 0.3) is 0 Å². The summed E-state index contributed by atoms with van der Waals surface area (Å²) in [7, 11) is 4.85. The lowest BCUT2D eigenvalue weighted by Gasteiger charge is -2.37. The van der Waals surface area contributed by atoms with Crippen molar-refractivity contribution in [3.8, 4) is 17.2 Å². The van der Waals surface area contributed by atoms with Crippen molar-refractivity contribution in [1.82, 2.24) is 4.90 Å². The van der Waals surface area contributed by atoms with Crippen molar-refractivity contribution in [3.05, 3.63) is 41.4 Å². The van der Waals surface area contributed by atoms with Gasteiger partial charge >= 0.3 is 0 Å². The van der Waals surface area contributed by atoms with Crippen molar-refractivity contribution in [1.29, 1.82) is 0 Å². The molecule has 1 aliphatic heterocycles. The highest BCUT2D eigenvalue weighted by Gasteiger charge is 2.20. The number of nitrogens with one attached hydrogen (secondary N) is 1. The zero-order valence-electron chi connectivity index (χ0n) is 16.2. The minimum Gasteiger partial charge on any atom is -0.497 e. The molecule has 28 heavy (non-hydrogen) atoms. The summed E-state index contributed by atoms with van der Waals surface area (Å²) in [5.74, 6) is 2.04. The van der Waals surface area contributed by atoms with Crippen LogP contribution in [0.1, 0.15) is 0 Å². The molecule has 0 aliphatic carbocycles. The van der Waals surface area contributed by atoms with E-state index in [4.69, 9.17) is 38.0 Å². The third-order valence-corrected chi connectivity index (χ3v) is 5.38. The number of thiocarbonyl (C=S) groups is 1. The Morgan fingerprint density at radius 3 is 2.14 bits per heavy atom. The molecule has 1 aliphatic rings. The molecule has 0 bridgehead atoms. The first kappa shape index (κ1) is 20.4. The molecular formula is C20H24ClN3O3S. The third kappa shape index (κ3) is 4.54. The number of anilines is 2. The molecule has 3 rings (SSSR count). The van der Waals surface area contributed by atoms with E-state index in [2.05, 4.69) is 27.2 Å². The maximum absolute atomic E-state index is 6.17. The number of rotatable bonds is 5. The number of hydrogen-bond acceptors (Lipinski definition) is 5. The molecule has 0 unspecified atom stereocenters. The second-order valence-electron chi connectivity index (χ2n) is 6.29. The summed E-state index contributed by atoms with van der Waals surface area (Å²) in [5, 5.41) is 4.40. The Morgan fingerprint density at radius 1 is 0.929 bits per heavy atom. The van der Waals surface area contributed by atoms with Crippen LogP contribution < -0.4 is 24.4 Å². The SMILES string of the molecule is COc1ccc(N2CCN(C(=S)Nc3cc(OC)c(Cl)cc3OC)CC2)cc1. The first-order valence-electron chi connectivity index (χ1n) is 8.92. The Labute approximate surface area is 175 Å². The van der Waals surface area contributed by atoms with Gasteiger partial charge < -0.3 is 29.3 Å². The van der Waals surface area contributed by atoms with Crippen LogP contribution in [-0.2, 0) is 0 Å². The molecule has 0 atom stereocenters. The molecule has 0 saturated carbocycles. The van der Waals surface area contributed by atoms with Crippen molar-refractivity contribution >= 4 is 40.3 Å². The Balaban J connectivity index is 1.62. The van der Waals surface area contributed by atoms with Gasteiger partial charge in [0.15, 0.2) is 5.11 Å². The van der Waals surface area contributed by atoms with Gasteiger partial charge in [0.25, 0.3) is 0 Å². The molecule has 1 fully saturated rings. The van der Waals surface area contributed by atoms with Gasteiger partial charge in [-0.05, 0) is 36.5 Å². The second-order valence-corrected chi connectivity index (χ2v) is 7.08. The molecule has 1 saturated heterocycles. The van der Waals surface area contributed by atoms with Crippen LogP contribution in [0.4, 0.5) is 11.4 Å². The molecule has 0 amide bonds. The standard InChI is InChI=1S/C20H24ClN3O3S/c1-25-15-6-4-14(5-7-15)23-8-10-24(11-9-23)20(28)22-17-13-18(26-2)16(21)12-19(17)27-3/h4-7,12-13H,8-11H2,1-3H3,(H,22,28). The molecule has 2 aromatic carbocycles. The van der Waals surface area contributed by atoms with Gasteiger partial charge in [-0.15, -0.1) is 0 Å². The molecule has 2 aromatic rings. The van der Waals surface area contributed by atoms with E-state index in [-0.39, 0.29) is 0 Å². The van der Waals surface area contributed by atoms with Crippen LogP contribution in [0.2, 0.25) is 5.02 Å². The molecule has 0 spiro atoms. The number of piperazine rings is 1. The summed E-state index contributed by atoms with van der Waals surface area (Å²) in [4.78, 5) is 4.49. The topological polar surface area (TPSA) is 46.2 Å². The maximum Gasteiger partial charge on any atom is 0.173 e. The second kappa shape index (κ2) is 9.21. The van der Waals surface area contributed by atoms with E-state index in [1.807, 2.05) is 12.1 Å². The van der Waals surface area contributed by atoms with Gasteiger partial charge in [0.05, 0.1) is 32.0 Å². The molecular weight excluding hydrogens is 398 g/mol. The van der Waals surface area contributed by atoms with E-state index in [0.717, 1.165) is 37.6 Å². The van der Waals surface area contributed by atoms with E-state index in [9.17, 15) is 0 Å². The monoisotopic (exact) mass is 421 g/mol. The van der Waals surface area contributed by atoms with Crippen LogP contribution in [0.15, 0.2) is 36.4 Å². The predicted octanol–water partition coefficient (Wildman–Crippen LogP) is 3.88. The largest absolute Gasteiger partial charge is 0.497 e. The van der Waals surface area contributed by atoms with Crippen LogP contribution in [-0.4, -0.2) is 57.5 Å². The lowest BCUT2D eigenvalue weighted by molar-refractivity contribution is 0.389. The van der Waals surface area contributed by atoms with E-state index in [1.54, 1.807) is 33.5 Å². The highest BCUT2D eigenvalue weighted by molar-refractivity contribution is 7.80. The van der Waals surface area contributed by atoms with E-state index in [0.29, 0.717) is 21.6 Å². The average Bonchev–Trinajstić information content (AvgIpc) is 2.74. The van der Waals surface area contributed by atoms with E-state index < -0.39 is 0 Å². The van der Waals surface area contributed by atoms with Crippen LogP contribution >= 0.6 is 23.8 Å². The van der Waals surface area contributed by atoms with Gasteiger partial charge in [-0.1, -0.05) is 11.6 Å². The lowest BCUT2D eigenvalue weighted by atomic mass is 10.2. The fourth-order valence-electron chi connectivity index (χ4n) is 3.11. The van der Waals surface area contributed by atoms with Crippen molar-refractivity contribution in [3.63, 3.8) is 0 Å². The predicted molar refractivity (Wildman–Crippen MR) is 118 cm³/mol. The summed E-state index contributed by atoms with van der Waals surface area (Å²) in [6.45, 7) is 3.42. The number of ether oxygens (including phenoxy) is 3. The number of benzene rings is 2. The minimum absolute atomic E-state index is 0.490. The van der Waals surface area contributed by atoms with Gasteiger partial charge in [-0.3, -0.25) is 0 Å². The van der Waals surface area contributed by atoms with Crippen LogP contribution in [0.3, 0.4) is 0 Å². The van der Waals surface area contributed by atoms with Crippen molar-refractivity contribution in [2.45, 2.75) is 0 Å². The minimum atomic E-state index is 0.490. The van der Waals surface area contributed by atoms with E-state index >= 15 is 0 Å². The van der Waals surface area contributed by atoms with E-state index in [1.165, 1.54) is 5.69 Å². The molecule has 1 heterocycles. The number of halogens is 1.